The van der Waals surface area contributed by atoms with Gasteiger partial charge in [-0.05, 0) is 30.1 Å². The van der Waals surface area contributed by atoms with Gasteiger partial charge in [0.1, 0.15) is 11.6 Å². The molecule has 0 amide bonds. The second-order valence-corrected chi connectivity index (χ2v) is 5.56. The lowest BCUT2D eigenvalue weighted by molar-refractivity contribution is -0.576. The van der Waals surface area contributed by atoms with E-state index < -0.39 is 0 Å². The van der Waals surface area contributed by atoms with Gasteiger partial charge in [-0.3, -0.25) is 10.2 Å². The SMILES string of the molecule is CN(C)c1cc[n+](/C(=C\C(=C=N)C#N)C(=O)c2ccc(C#N)cc2)cc1. The van der Waals surface area contributed by atoms with Crippen molar-refractivity contribution in [2.75, 3.05) is 19.0 Å². The molecular weight excluding hydrogens is 326 g/mol. The zero-order valence-corrected chi connectivity index (χ0v) is 14.4. The average Bonchev–Trinajstić information content (AvgIpc) is 2.68. The normalized spacial score (nSPS) is 10.2. The minimum atomic E-state index is -0.333. The van der Waals surface area contributed by atoms with Gasteiger partial charge in [-0.25, -0.2) is 0 Å². The Morgan fingerprint density at radius 3 is 2.19 bits per heavy atom. The molecule has 6 nitrogen and oxygen atoms in total. The summed E-state index contributed by atoms with van der Waals surface area (Å²) in [5, 5.41) is 25.2. The van der Waals surface area contributed by atoms with Crippen LogP contribution in [-0.2, 0) is 0 Å². The average molecular weight is 342 g/mol. The van der Waals surface area contributed by atoms with Gasteiger partial charge in [-0.1, -0.05) is 0 Å². The molecule has 0 fully saturated rings. The van der Waals surface area contributed by atoms with E-state index >= 15 is 0 Å². The summed E-state index contributed by atoms with van der Waals surface area (Å²) in [5.74, 6) is 1.69. The number of nitriles is 2. The number of carbonyl (C=O) groups is 1. The summed E-state index contributed by atoms with van der Waals surface area (Å²) in [6.45, 7) is 0. The lowest BCUT2D eigenvalue weighted by Gasteiger charge is -2.10. The maximum Gasteiger partial charge on any atom is 0.260 e. The highest BCUT2D eigenvalue weighted by molar-refractivity contribution is 6.22. The number of aromatic nitrogens is 1. The van der Waals surface area contributed by atoms with Crippen LogP contribution in [-0.4, -0.2) is 25.7 Å². The van der Waals surface area contributed by atoms with Crippen molar-refractivity contribution >= 4 is 23.0 Å². The molecule has 26 heavy (non-hydrogen) atoms. The van der Waals surface area contributed by atoms with Gasteiger partial charge in [0, 0.05) is 43.6 Å². The van der Waals surface area contributed by atoms with Crippen molar-refractivity contribution in [2.24, 2.45) is 0 Å². The Balaban J connectivity index is 2.53. The molecule has 2 aromatic rings. The zero-order chi connectivity index (χ0) is 19.1. The van der Waals surface area contributed by atoms with Crippen molar-refractivity contribution in [1.29, 1.82) is 15.9 Å². The second kappa shape index (κ2) is 8.21. The Morgan fingerprint density at radius 2 is 1.73 bits per heavy atom. The first-order chi connectivity index (χ1) is 12.5. The fourth-order valence-electron chi connectivity index (χ4n) is 2.21. The molecule has 0 aliphatic carbocycles. The highest BCUT2D eigenvalue weighted by Crippen LogP contribution is 2.13. The van der Waals surface area contributed by atoms with Crippen molar-refractivity contribution in [3.8, 4) is 12.1 Å². The number of benzene rings is 1. The Kier molecular flexibility index (Phi) is 5.79. The van der Waals surface area contributed by atoms with Crippen LogP contribution in [0.5, 0.6) is 0 Å². The molecule has 0 saturated carbocycles. The van der Waals surface area contributed by atoms with Gasteiger partial charge in [0.25, 0.3) is 11.5 Å². The van der Waals surface area contributed by atoms with Crippen LogP contribution in [0.4, 0.5) is 5.69 Å². The number of ketones is 1. The number of hydrogen-bond donors (Lipinski definition) is 1. The van der Waals surface area contributed by atoms with E-state index in [0.717, 1.165) is 5.69 Å². The van der Waals surface area contributed by atoms with E-state index in [9.17, 15) is 4.79 Å². The molecular formula is C20H16N5O+. The molecule has 1 N–H and O–H groups in total. The van der Waals surface area contributed by atoms with Gasteiger partial charge >= 0.3 is 0 Å². The first kappa shape index (κ1) is 18.4. The van der Waals surface area contributed by atoms with E-state index in [1.807, 2.05) is 49.1 Å². The Morgan fingerprint density at radius 1 is 1.12 bits per heavy atom. The molecule has 1 aromatic heterocycles. The van der Waals surface area contributed by atoms with Gasteiger partial charge in [0.2, 0.25) is 0 Å². The predicted octanol–water partition coefficient (Wildman–Crippen LogP) is 2.33. The summed E-state index contributed by atoms with van der Waals surface area (Å²) >= 11 is 0. The molecule has 0 radical (unpaired) electrons. The van der Waals surface area contributed by atoms with Gasteiger partial charge in [-0.2, -0.15) is 15.1 Å². The molecule has 0 aliphatic heterocycles. The predicted molar refractivity (Wildman–Crippen MR) is 97.6 cm³/mol. The number of carbonyl (C=O) groups excluding carboxylic acids is 1. The number of anilines is 1. The summed E-state index contributed by atoms with van der Waals surface area (Å²) in [4.78, 5) is 14.9. The third-order valence-corrected chi connectivity index (χ3v) is 3.65. The first-order valence-corrected chi connectivity index (χ1v) is 7.65. The maximum atomic E-state index is 12.9. The molecule has 6 heteroatoms. The van der Waals surface area contributed by atoms with E-state index in [-0.39, 0.29) is 17.1 Å². The van der Waals surface area contributed by atoms with Gasteiger partial charge in [0.15, 0.2) is 12.4 Å². The Labute approximate surface area is 151 Å². The van der Waals surface area contributed by atoms with Gasteiger partial charge in [0.05, 0.1) is 11.6 Å². The van der Waals surface area contributed by atoms with E-state index in [4.69, 9.17) is 15.9 Å². The lowest BCUT2D eigenvalue weighted by atomic mass is 10.0. The molecule has 1 heterocycles. The van der Waals surface area contributed by atoms with Crippen molar-refractivity contribution < 1.29 is 9.36 Å². The largest absolute Gasteiger partial charge is 0.377 e. The molecule has 0 bridgehead atoms. The van der Waals surface area contributed by atoms with Gasteiger partial charge < -0.3 is 4.90 Å². The van der Waals surface area contributed by atoms with Crippen molar-refractivity contribution in [3.63, 3.8) is 0 Å². The van der Waals surface area contributed by atoms with E-state index in [1.165, 1.54) is 6.08 Å². The summed E-state index contributed by atoms with van der Waals surface area (Å²) in [6.07, 6.45) is 4.74. The molecule has 126 valence electrons. The number of allylic oxidation sites excluding steroid dienone is 3. The number of Topliss-reactive ketones (excluding diaryl/α,β-unsaturated/α-hetero) is 1. The van der Waals surface area contributed by atoms with Crippen LogP contribution in [0.15, 0.2) is 60.4 Å². The molecule has 0 saturated heterocycles. The van der Waals surface area contributed by atoms with Gasteiger partial charge in [-0.15, -0.1) is 0 Å². The van der Waals surface area contributed by atoms with E-state index in [2.05, 4.69) is 0 Å². The molecule has 0 spiro atoms. The third kappa shape index (κ3) is 4.10. The molecule has 0 aliphatic rings. The highest BCUT2D eigenvalue weighted by atomic mass is 16.1. The maximum absolute atomic E-state index is 12.9. The number of nitrogens with one attached hydrogen (secondary N) is 1. The van der Waals surface area contributed by atoms with Crippen LogP contribution in [0.1, 0.15) is 15.9 Å². The highest BCUT2D eigenvalue weighted by Gasteiger charge is 2.22. The van der Waals surface area contributed by atoms with Crippen molar-refractivity contribution in [1.82, 2.24) is 0 Å². The van der Waals surface area contributed by atoms with Crippen LogP contribution in [0.3, 0.4) is 0 Å². The minimum Gasteiger partial charge on any atom is -0.377 e. The lowest BCUT2D eigenvalue weighted by Crippen LogP contribution is -2.36. The third-order valence-electron chi connectivity index (χ3n) is 3.65. The summed E-state index contributed by atoms with van der Waals surface area (Å²) in [5.41, 5.74) is 1.92. The first-order valence-electron chi connectivity index (χ1n) is 7.65. The van der Waals surface area contributed by atoms with Crippen LogP contribution < -0.4 is 9.47 Å². The number of pyridine rings is 1. The quantitative estimate of drug-likeness (QED) is 0.225. The molecule has 1 aromatic carbocycles. The number of rotatable bonds is 5. The van der Waals surface area contributed by atoms with Crippen molar-refractivity contribution in [2.45, 2.75) is 0 Å². The van der Waals surface area contributed by atoms with Crippen LogP contribution in [0.2, 0.25) is 0 Å². The summed E-state index contributed by atoms with van der Waals surface area (Å²) in [7, 11) is 3.81. The van der Waals surface area contributed by atoms with E-state index in [0.29, 0.717) is 11.1 Å². The van der Waals surface area contributed by atoms with Crippen LogP contribution in [0.25, 0.3) is 5.70 Å². The Bertz CT molecular complexity index is 980. The number of nitrogens with zero attached hydrogens (tertiary/aromatic N) is 4. The monoisotopic (exact) mass is 342 g/mol. The Hall–Kier alpha value is -3.99. The molecule has 0 atom stereocenters. The molecule has 2 rings (SSSR count). The number of hydrogen-bond acceptors (Lipinski definition) is 5. The van der Waals surface area contributed by atoms with Crippen LogP contribution >= 0.6 is 0 Å². The minimum absolute atomic E-state index is 0.0637. The summed E-state index contributed by atoms with van der Waals surface area (Å²) < 4.78 is 1.59. The smallest absolute Gasteiger partial charge is 0.260 e. The molecule has 0 unspecified atom stereocenters. The van der Waals surface area contributed by atoms with Crippen molar-refractivity contribution in [3.05, 3.63) is 71.6 Å². The zero-order valence-electron chi connectivity index (χ0n) is 14.4. The topological polar surface area (TPSA) is 95.6 Å². The fraction of sp³-hybridized carbons (Fsp3) is 0.100. The standard InChI is InChI=1S/C20H16N5O/c1-24(2)18-7-9-25(10-8-18)19(11-16(13-22)14-23)20(26)17-5-3-15(12-21)4-6-17/h3-11,22H,1-2H3/q+1/b19-11-. The van der Waals surface area contributed by atoms with E-state index in [1.54, 1.807) is 41.2 Å². The van der Waals surface area contributed by atoms with Crippen LogP contribution in [0, 0.1) is 28.1 Å². The fourth-order valence-corrected chi connectivity index (χ4v) is 2.21. The second-order valence-electron chi connectivity index (χ2n) is 5.56. The summed E-state index contributed by atoms with van der Waals surface area (Å²) in [6, 6.07) is 13.7.